The molecule has 1 spiro atoms. The van der Waals surface area contributed by atoms with E-state index in [1.165, 1.54) is 12.5 Å². The highest BCUT2D eigenvalue weighted by molar-refractivity contribution is 5.93. The van der Waals surface area contributed by atoms with Gasteiger partial charge >= 0.3 is 17.9 Å². The molecule has 3 fully saturated rings. The molecule has 1 aromatic carbocycles. The molecule has 5 aliphatic carbocycles. The number of carboxylic acids is 1. The number of carbonyl (C=O) groups is 3. The van der Waals surface area contributed by atoms with E-state index in [9.17, 15) is 19.5 Å². The van der Waals surface area contributed by atoms with Gasteiger partial charge in [0.1, 0.15) is 17.3 Å². The van der Waals surface area contributed by atoms with Crippen LogP contribution < -0.4 is 4.74 Å². The summed E-state index contributed by atoms with van der Waals surface area (Å²) in [7, 11) is 0. The van der Waals surface area contributed by atoms with Gasteiger partial charge in [0.2, 0.25) is 0 Å². The third kappa shape index (κ3) is 4.52. The molecule has 0 unspecified atom stereocenters. The summed E-state index contributed by atoms with van der Waals surface area (Å²) in [5, 5.41) is 11.2. The topological polar surface area (TPSA) is 89.9 Å². The first-order chi connectivity index (χ1) is 22.5. The van der Waals surface area contributed by atoms with Crippen LogP contribution in [0.1, 0.15) is 148 Å². The molecule has 3 saturated carbocycles. The average molecular weight is 657 g/mol. The molecule has 260 valence electrons. The van der Waals surface area contributed by atoms with Crippen molar-refractivity contribution in [3.05, 3.63) is 52.6 Å². The lowest BCUT2D eigenvalue weighted by Gasteiger charge is -2.58. The quantitative estimate of drug-likeness (QED) is 0.197. The maximum absolute atomic E-state index is 14.7. The second kappa shape index (κ2) is 11.1. The summed E-state index contributed by atoms with van der Waals surface area (Å²) in [5.41, 5.74) is 3.19. The van der Waals surface area contributed by atoms with Crippen LogP contribution in [0.4, 0.5) is 0 Å². The van der Waals surface area contributed by atoms with Gasteiger partial charge in [-0.05, 0) is 117 Å². The number of aliphatic carboxylic acids is 1. The first-order valence-electron chi connectivity index (χ1n) is 18.7. The molecule has 0 amide bonds. The number of ether oxygens (including phenoxy) is 2. The van der Waals surface area contributed by atoms with Crippen molar-refractivity contribution in [1.29, 1.82) is 0 Å². The Bertz CT molecular complexity index is 1610. The summed E-state index contributed by atoms with van der Waals surface area (Å²) in [6.07, 6.45) is 11.9. The SMILES string of the molecule is C=C1CC[C@H]2C(C)(C)CCC[C@]2(C(=O)O)[C@H]1C[C@@H]1C(C)=CCC[C@]12C(=O)Oc1ccc3c(c12)[C@@H](OC(C)=O)C[C@H]1C(C)(C)CCC[C@]31C. The molecule has 0 saturated heterocycles. The number of rotatable bonds is 4. The zero-order valence-corrected chi connectivity index (χ0v) is 30.3. The third-order valence-corrected chi connectivity index (χ3v) is 15.0. The summed E-state index contributed by atoms with van der Waals surface area (Å²) in [5.74, 6) is -0.822. The molecule has 0 bridgehead atoms. The summed E-state index contributed by atoms with van der Waals surface area (Å²) in [4.78, 5) is 41.0. The van der Waals surface area contributed by atoms with E-state index in [0.717, 1.165) is 73.6 Å². The van der Waals surface area contributed by atoms with Crippen molar-refractivity contribution in [3.8, 4) is 5.75 Å². The maximum Gasteiger partial charge on any atom is 0.322 e. The molecule has 1 heterocycles. The van der Waals surface area contributed by atoms with Crippen molar-refractivity contribution in [1.82, 2.24) is 0 Å². The molecule has 6 nitrogen and oxygen atoms in total. The van der Waals surface area contributed by atoms with Crippen LogP contribution in [0, 0.1) is 39.9 Å². The zero-order chi connectivity index (χ0) is 34.6. The van der Waals surface area contributed by atoms with Gasteiger partial charge in [0, 0.05) is 24.0 Å². The van der Waals surface area contributed by atoms with Crippen LogP contribution in [0.25, 0.3) is 0 Å². The van der Waals surface area contributed by atoms with Gasteiger partial charge in [-0.3, -0.25) is 14.4 Å². The predicted molar refractivity (Wildman–Crippen MR) is 186 cm³/mol. The summed E-state index contributed by atoms with van der Waals surface area (Å²) in [6.45, 7) is 19.8. The molecule has 1 aliphatic heterocycles. The highest BCUT2D eigenvalue weighted by atomic mass is 16.5. The van der Waals surface area contributed by atoms with Gasteiger partial charge in [0.05, 0.1) is 5.41 Å². The summed E-state index contributed by atoms with van der Waals surface area (Å²) < 4.78 is 12.5. The van der Waals surface area contributed by atoms with Crippen LogP contribution in [0.3, 0.4) is 0 Å². The molecular weight excluding hydrogens is 600 g/mol. The van der Waals surface area contributed by atoms with E-state index in [2.05, 4.69) is 60.3 Å². The monoisotopic (exact) mass is 656 g/mol. The largest absolute Gasteiger partial charge is 0.481 e. The number of esters is 2. The lowest BCUT2D eigenvalue weighted by atomic mass is 9.44. The van der Waals surface area contributed by atoms with Gasteiger partial charge in [-0.1, -0.05) is 77.3 Å². The van der Waals surface area contributed by atoms with E-state index in [1.807, 2.05) is 6.07 Å². The Kier molecular flexibility index (Phi) is 7.74. The van der Waals surface area contributed by atoms with E-state index in [1.54, 1.807) is 0 Å². The van der Waals surface area contributed by atoms with Gasteiger partial charge in [-0.15, -0.1) is 0 Å². The van der Waals surface area contributed by atoms with Gasteiger partial charge < -0.3 is 14.6 Å². The van der Waals surface area contributed by atoms with Crippen molar-refractivity contribution in [2.24, 2.45) is 39.9 Å². The number of carbonyl (C=O) groups excluding carboxylic acids is 2. The molecule has 6 aliphatic rings. The van der Waals surface area contributed by atoms with Crippen molar-refractivity contribution in [2.75, 3.05) is 0 Å². The molecule has 6 heteroatoms. The van der Waals surface area contributed by atoms with Crippen LogP contribution in [0.5, 0.6) is 5.75 Å². The minimum Gasteiger partial charge on any atom is -0.481 e. The lowest BCUT2D eigenvalue weighted by molar-refractivity contribution is -0.171. The van der Waals surface area contributed by atoms with E-state index in [-0.39, 0.29) is 45.9 Å². The van der Waals surface area contributed by atoms with Crippen molar-refractivity contribution < 1.29 is 29.0 Å². The first-order valence-corrected chi connectivity index (χ1v) is 18.7. The zero-order valence-electron chi connectivity index (χ0n) is 30.3. The Morgan fingerprint density at radius 3 is 2.35 bits per heavy atom. The van der Waals surface area contributed by atoms with Crippen molar-refractivity contribution >= 4 is 17.9 Å². The summed E-state index contributed by atoms with van der Waals surface area (Å²) in [6, 6.07) is 4.16. The molecule has 0 aromatic heterocycles. The first kappa shape index (κ1) is 33.6. The molecule has 8 atom stereocenters. The fraction of sp³-hybridized carbons (Fsp3) is 0.690. The standard InChI is InChI=1S/C42H56O6/c1-24-12-9-20-42(29(24)22-28-25(2)13-16-32-38(4,5)18-11-21-41(28,32)36(44)45)35-30(48-37(42)46)15-14-27-34(35)31(47-26(3)43)23-33-39(6,7)17-10-19-40(27,33)8/h12,14-15,28-29,31-33H,2,9-11,13,16-23H2,1,3-8H3,(H,44,45)/t28-,29+,31-,32-,33-,40+,41-,42-/m0/s1. The minimum atomic E-state index is -0.984. The molecular formula is C42H56O6. The normalized spacial score (nSPS) is 39.3. The van der Waals surface area contributed by atoms with Crippen LogP contribution in [0.2, 0.25) is 0 Å². The predicted octanol–water partition coefficient (Wildman–Crippen LogP) is 9.55. The Balaban J connectivity index is 1.42. The van der Waals surface area contributed by atoms with Crippen LogP contribution >= 0.6 is 0 Å². The molecule has 7 rings (SSSR count). The van der Waals surface area contributed by atoms with Gasteiger partial charge in [-0.2, -0.15) is 0 Å². The van der Waals surface area contributed by atoms with Crippen molar-refractivity contribution in [3.63, 3.8) is 0 Å². The number of allylic oxidation sites excluding steroid dienone is 3. The number of benzene rings is 1. The van der Waals surface area contributed by atoms with Crippen LogP contribution in [-0.2, 0) is 30.0 Å². The molecule has 1 aromatic rings. The maximum atomic E-state index is 14.7. The Morgan fingerprint density at radius 1 is 0.979 bits per heavy atom. The number of hydrogen-bond donors (Lipinski definition) is 1. The highest BCUT2D eigenvalue weighted by Crippen LogP contribution is 2.67. The van der Waals surface area contributed by atoms with Gasteiger partial charge in [0.25, 0.3) is 0 Å². The van der Waals surface area contributed by atoms with E-state index in [4.69, 9.17) is 9.47 Å². The smallest absolute Gasteiger partial charge is 0.322 e. The third-order valence-electron chi connectivity index (χ3n) is 15.0. The van der Waals surface area contributed by atoms with Gasteiger partial charge in [0.15, 0.2) is 0 Å². The Labute approximate surface area is 287 Å². The number of fused-ring (bicyclic) bond motifs is 7. The van der Waals surface area contributed by atoms with Crippen LogP contribution in [-0.4, -0.2) is 23.0 Å². The Morgan fingerprint density at radius 2 is 1.67 bits per heavy atom. The fourth-order valence-electron chi connectivity index (χ4n) is 12.9. The summed E-state index contributed by atoms with van der Waals surface area (Å²) >= 11 is 0. The number of hydrogen-bond acceptors (Lipinski definition) is 5. The lowest BCUT2D eigenvalue weighted by Crippen LogP contribution is -2.57. The second-order valence-corrected chi connectivity index (χ2v) is 18.2. The van der Waals surface area contributed by atoms with Crippen LogP contribution in [0.15, 0.2) is 35.9 Å². The van der Waals surface area contributed by atoms with E-state index >= 15 is 0 Å². The van der Waals surface area contributed by atoms with E-state index in [0.29, 0.717) is 37.4 Å². The second-order valence-electron chi connectivity index (χ2n) is 18.2. The van der Waals surface area contributed by atoms with E-state index < -0.39 is 22.9 Å². The molecule has 48 heavy (non-hydrogen) atoms. The molecule has 1 N–H and O–H groups in total. The molecule has 0 radical (unpaired) electrons. The average Bonchev–Trinajstić information content (AvgIpc) is 3.27. The highest BCUT2D eigenvalue weighted by Gasteiger charge is 2.65. The number of carboxylic acid groups (broad SMARTS) is 1. The van der Waals surface area contributed by atoms with Crippen molar-refractivity contribution in [2.45, 2.75) is 142 Å². The fourth-order valence-corrected chi connectivity index (χ4v) is 12.9. The van der Waals surface area contributed by atoms with Gasteiger partial charge in [-0.25, -0.2) is 0 Å². The Hall–Kier alpha value is -2.89. The minimum absolute atomic E-state index is 0.0473.